The Hall–Kier alpha value is -1.65. The van der Waals surface area contributed by atoms with Crippen LogP contribution in [-0.4, -0.2) is 21.2 Å². The van der Waals surface area contributed by atoms with Crippen molar-refractivity contribution in [1.29, 1.82) is 0 Å². The van der Waals surface area contributed by atoms with Gasteiger partial charge in [0.05, 0.1) is 0 Å². The summed E-state index contributed by atoms with van der Waals surface area (Å²) in [6.45, 7) is 3.84. The molecule has 0 aliphatic rings. The number of nitrogens with zero attached hydrogens (tertiary/aromatic N) is 2. The van der Waals surface area contributed by atoms with Crippen molar-refractivity contribution in [3.63, 3.8) is 0 Å². The molecule has 0 aliphatic carbocycles. The molecule has 1 rings (SSSR count). The minimum absolute atomic E-state index is 0.110. The molecule has 2 N–H and O–H groups in total. The average Bonchev–Trinajstić information content (AvgIpc) is 2.43. The molecule has 0 aliphatic heterocycles. The number of nitrogens with two attached hydrogens (primary N) is 1. The molecule has 1 aromatic rings. The number of aryl methyl sites for hydroxylation is 2. The van der Waals surface area contributed by atoms with Gasteiger partial charge in [-0.3, -0.25) is 9.59 Å². The molecule has 76 valence electrons. The Kier molecular flexibility index (Phi) is 3.01. The van der Waals surface area contributed by atoms with Crippen LogP contribution in [0.1, 0.15) is 29.7 Å². The summed E-state index contributed by atoms with van der Waals surface area (Å²) in [4.78, 5) is 25.5. The van der Waals surface area contributed by atoms with Crippen molar-refractivity contribution < 1.29 is 9.59 Å². The molecule has 1 aromatic heterocycles. The molecular formula is C9H13N3O2. The Morgan fingerprint density at radius 1 is 1.57 bits per heavy atom. The minimum atomic E-state index is -0.547. The van der Waals surface area contributed by atoms with E-state index >= 15 is 0 Å². The van der Waals surface area contributed by atoms with E-state index in [4.69, 9.17) is 5.73 Å². The second-order valence-electron chi connectivity index (χ2n) is 3.18. The summed E-state index contributed by atoms with van der Waals surface area (Å²) in [7, 11) is 0. The van der Waals surface area contributed by atoms with E-state index in [0.717, 1.165) is 0 Å². The van der Waals surface area contributed by atoms with Crippen LogP contribution in [0.15, 0.2) is 6.20 Å². The number of hydrogen-bond donors (Lipinski definition) is 1. The highest BCUT2D eigenvalue weighted by Gasteiger charge is 2.08. The fourth-order valence-corrected chi connectivity index (χ4v) is 1.13. The van der Waals surface area contributed by atoms with Crippen LogP contribution in [0.25, 0.3) is 0 Å². The number of primary amides is 1. The van der Waals surface area contributed by atoms with E-state index in [-0.39, 0.29) is 11.5 Å². The quantitative estimate of drug-likeness (QED) is 0.749. The van der Waals surface area contributed by atoms with Gasteiger partial charge < -0.3 is 10.3 Å². The smallest absolute Gasteiger partial charge is 0.268 e. The maximum Gasteiger partial charge on any atom is 0.268 e. The van der Waals surface area contributed by atoms with Gasteiger partial charge >= 0.3 is 0 Å². The van der Waals surface area contributed by atoms with Crippen molar-refractivity contribution in [2.75, 3.05) is 0 Å². The average molecular weight is 195 g/mol. The molecule has 1 amide bonds. The van der Waals surface area contributed by atoms with E-state index in [1.54, 1.807) is 17.7 Å². The predicted molar refractivity (Wildman–Crippen MR) is 50.8 cm³/mol. The van der Waals surface area contributed by atoms with Crippen LogP contribution in [0.4, 0.5) is 0 Å². The standard InChI is InChI=1S/C9H13N3O2/c1-6(13)3-4-12-5-8(9(10)14)11-7(12)2/h5H,3-4H2,1-2H3,(H2,10,14). The molecule has 0 unspecified atom stereocenters. The van der Waals surface area contributed by atoms with Gasteiger partial charge in [-0.15, -0.1) is 0 Å². The number of carbonyl (C=O) groups excluding carboxylic acids is 2. The molecule has 5 heteroatoms. The van der Waals surface area contributed by atoms with Gasteiger partial charge in [0.25, 0.3) is 5.91 Å². The third kappa shape index (κ3) is 2.42. The van der Waals surface area contributed by atoms with Gasteiger partial charge in [0.2, 0.25) is 0 Å². The number of rotatable bonds is 4. The molecule has 0 bridgehead atoms. The monoisotopic (exact) mass is 195 g/mol. The highest BCUT2D eigenvalue weighted by atomic mass is 16.1. The lowest BCUT2D eigenvalue weighted by Crippen LogP contribution is -2.11. The molecule has 0 fully saturated rings. The van der Waals surface area contributed by atoms with E-state index in [9.17, 15) is 9.59 Å². The molecule has 0 aromatic carbocycles. The lowest BCUT2D eigenvalue weighted by atomic mass is 10.3. The summed E-state index contributed by atoms with van der Waals surface area (Å²) in [6.07, 6.45) is 2.01. The van der Waals surface area contributed by atoms with Crippen LogP contribution in [0.5, 0.6) is 0 Å². The maximum absolute atomic E-state index is 10.8. The van der Waals surface area contributed by atoms with Gasteiger partial charge in [-0.05, 0) is 13.8 Å². The zero-order valence-electron chi connectivity index (χ0n) is 8.28. The third-order valence-electron chi connectivity index (χ3n) is 1.93. The molecular weight excluding hydrogens is 182 g/mol. The summed E-state index contributed by atoms with van der Waals surface area (Å²) in [5.74, 6) is 0.258. The first-order valence-corrected chi connectivity index (χ1v) is 4.33. The Balaban J connectivity index is 2.77. The number of carbonyl (C=O) groups is 2. The highest BCUT2D eigenvalue weighted by molar-refractivity contribution is 5.90. The van der Waals surface area contributed by atoms with E-state index < -0.39 is 5.91 Å². The van der Waals surface area contributed by atoms with Gasteiger partial charge in [0.1, 0.15) is 17.3 Å². The van der Waals surface area contributed by atoms with Crippen molar-refractivity contribution in [2.45, 2.75) is 26.8 Å². The zero-order chi connectivity index (χ0) is 10.7. The van der Waals surface area contributed by atoms with Crippen LogP contribution in [0.3, 0.4) is 0 Å². The molecule has 1 heterocycles. The number of ketones is 1. The lowest BCUT2D eigenvalue weighted by molar-refractivity contribution is -0.117. The zero-order valence-corrected chi connectivity index (χ0v) is 8.28. The van der Waals surface area contributed by atoms with Crippen LogP contribution >= 0.6 is 0 Å². The summed E-state index contributed by atoms with van der Waals surface area (Å²) in [5, 5.41) is 0. The molecule has 0 saturated heterocycles. The van der Waals surface area contributed by atoms with Crippen molar-refractivity contribution in [2.24, 2.45) is 5.73 Å². The minimum Gasteiger partial charge on any atom is -0.364 e. The highest BCUT2D eigenvalue weighted by Crippen LogP contribution is 2.03. The predicted octanol–water partition coefficient (Wildman–Crippen LogP) is 0.270. The molecule has 14 heavy (non-hydrogen) atoms. The van der Waals surface area contributed by atoms with E-state index in [0.29, 0.717) is 18.8 Å². The van der Waals surface area contributed by atoms with Crippen molar-refractivity contribution in [3.8, 4) is 0 Å². The van der Waals surface area contributed by atoms with Crippen LogP contribution in [-0.2, 0) is 11.3 Å². The van der Waals surface area contributed by atoms with Crippen LogP contribution in [0.2, 0.25) is 0 Å². The summed E-state index contributed by atoms with van der Waals surface area (Å²) < 4.78 is 1.75. The number of imidazole rings is 1. The van der Waals surface area contributed by atoms with Gasteiger partial charge in [0, 0.05) is 19.2 Å². The third-order valence-corrected chi connectivity index (χ3v) is 1.93. The van der Waals surface area contributed by atoms with E-state index in [1.165, 1.54) is 6.92 Å². The second kappa shape index (κ2) is 4.04. The van der Waals surface area contributed by atoms with E-state index in [2.05, 4.69) is 4.98 Å². The normalized spacial score (nSPS) is 10.1. The molecule has 0 spiro atoms. The number of hydrogen-bond acceptors (Lipinski definition) is 3. The fourth-order valence-electron chi connectivity index (χ4n) is 1.13. The van der Waals surface area contributed by atoms with Crippen molar-refractivity contribution in [1.82, 2.24) is 9.55 Å². The number of aromatic nitrogens is 2. The molecule has 5 nitrogen and oxygen atoms in total. The Morgan fingerprint density at radius 2 is 2.21 bits per heavy atom. The van der Waals surface area contributed by atoms with Crippen LogP contribution in [0, 0.1) is 6.92 Å². The first-order valence-electron chi connectivity index (χ1n) is 4.33. The SMILES string of the molecule is CC(=O)CCn1cc(C(N)=O)nc1C. The lowest BCUT2D eigenvalue weighted by Gasteiger charge is -2.00. The molecule has 0 saturated carbocycles. The van der Waals surface area contributed by atoms with Crippen LogP contribution < -0.4 is 5.73 Å². The second-order valence-corrected chi connectivity index (χ2v) is 3.18. The van der Waals surface area contributed by atoms with Crippen molar-refractivity contribution in [3.05, 3.63) is 17.7 Å². The maximum atomic E-state index is 10.8. The topological polar surface area (TPSA) is 78.0 Å². The largest absolute Gasteiger partial charge is 0.364 e. The molecule has 0 radical (unpaired) electrons. The summed E-state index contributed by atoms with van der Waals surface area (Å²) >= 11 is 0. The Bertz CT molecular complexity index is 368. The summed E-state index contributed by atoms with van der Waals surface area (Å²) in [6, 6.07) is 0. The Labute approximate surface area is 81.9 Å². The molecule has 0 atom stereocenters. The van der Waals surface area contributed by atoms with E-state index in [1.807, 2.05) is 0 Å². The Morgan fingerprint density at radius 3 is 2.64 bits per heavy atom. The van der Waals surface area contributed by atoms with Gasteiger partial charge in [0.15, 0.2) is 0 Å². The summed E-state index contributed by atoms with van der Waals surface area (Å²) in [5.41, 5.74) is 5.31. The first-order chi connectivity index (χ1) is 6.50. The van der Waals surface area contributed by atoms with Gasteiger partial charge in [-0.2, -0.15) is 0 Å². The van der Waals surface area contributed by atoms with Gasteiger partial charge in [-0.1, -0.05) is 0 Å². The van der Waals surface area contributed by atoms with Crippen molar-refractivity contribution >= 4 is 11.7 Å². The number of amides is 1. The van der Waals surface area contributed by atoms with Gasteiger partial charge in [-0.25, -0.2) is 4.98 Å². The first kappa shape index (κ1) is 10.4. The fraction of sp³-hybridized carbons (Fsp3) is 0.444. The number of Topliss-reactive ketones (excluding diaryl/α,β-unsaturated/α-hetero) is 1.